The maximum atomic E-state index is 8.88. The van der Waals surface area contributed by atoms with Gasteiger partial charge in [0, 0.05) is 0 Å². The largest absolute Gasteiger partial charge is 0.466 e. The van der Waals surface area contributed by atoms with Gasteiger partial charge in [-0.2, -0.15) is 0 Å². The Morgan fingerprint density at radius 3 is 1.55 bits per heavy atom. The minimum Gasteiger partial charge on any atom is -0.303 e. The van der Waals surface area contributed by atoms with E-state index in [-0.39, 0.29) is 0 Å². The Kier molecular flexibility index (Phi) is 4.47. The molecular formula is C3H6N3O4P. The van der Waals surface area contributed by atoms with Crippen LogP contribution in [0.5, 0.6) is 0 Å². The fourth-order valence-corrected chi connectivity index (χ4v) is 0.205. The quantitative estimate of drug-likeness (QED) is 0.434. The third kappa shape index (κ3) is 17.6. The van der Waals surface area contributed by atoms with E-state index in [1.54, 1.807) is 18.5 Å². The Morgan fingerprint density at radius 2 is 1.45 bits per heavy atom. The van der Waals surface area contributed by atoms with Crippen LogP contribution in [0.2, 0.25) is 0 Å². The van der Waals surface area contributed by atoms with Gasteiger partial charge in [0.25, 0.3) is 0 Å². The Morgan fingerprint density at radius 1 is 1.09 bits per heavy atom. The van der Waals surface area contributed by atoms with Crippen molar-refractivity contribution in [1.29, 1.82) is 0 Å². The van der Waals surface area contributed by atoms with E-state index in [4.69, 9.17) is 19.2 Å². The minimum absolute atomic E-state index is 1.58. The second-order valence-electron chi connectivity index (χ2n) is 1.32. The summed E-state index contributed by atoms with van der Waals surface area (Å²) in [6, 6.07) is 1.72. The van der Waals surface area contributed by atoms with Crippen LogP contribution in [0.25, 0.3) is 0 Å². The molecule has 0 spiro atoms. The first kappa shape index (κ1) is 10.1. The number of hydrogen-bond acceptors (Lipinski definition) is 4. The van der Waals surface area contributed by atoms with E-state index in [1.807, 2.05) is 0 Å². The lowest BCUT2D eigenvalue weighted by molar-refractivity contribution is 0.275. The lowest BCUT2D eigenvalue weighted by atomic mass is 10.7. The summed E-state index contributed by atoms with van der Waals surface area (Å²) < 4.78 is 8.88. The molecule has 0 aliphatic rings. The fourth-order valence-electron chi connectivity index (χ4n) is 0.205. The van der Waals surface area contributed by atoms with Gasteiger partial charge in [-0.15, -0.1) is 10.2 Å². The summed E-state index contributed by atoms with van der Waals surface area (Å²) in [6.07, 6.45) is 3.15. The van der Waals surface area contributed by atoms with Crippen molar-refractivity contribution in [3.8, 4) is 0 Å². The summed E-state index contributed by atoms with van der Waals surface area (Å²) in [4.78, 5) is 21.6. The maximum Gasteiger partial charge on any atom is 0.466 e. The van der Waals surface area contributed by atoms with Crippen LogP contribution < -0.4 is 0 Å². The van der Waals surface area contributed by atoms with Crippen molar-refractivity contribution in [2.24, 2.45) is 0 Å². The Labute approximate surface area is 62.0 Å². The molecule has 0 amide bonds. The first-order chi connectivity index (χ1) is 5.00. The molecule has 0 radical (unpaired) electrons. The van der Waals surface area contributed by atoms with Crippen molar-refractivity contribution >= 4 is 7.82 Å². The average molecular weight is 179 g/mol. The van der Waals surface area contributed by atoms with E-state index in [9.17, 15) is 0 Å². The van der Waals surface area contributed by atoms with Crippen LogP contribution in [0.3, 0.4) is 0 Å². The molecular weight excluding hydrogens is 173 g/mol. The van der Waals surface area contributed by atoms with Gasteiger partial charge in [0.15, 0.2) is 0 Å². The second kappa shape index (κ2) is 4.86. The molecule has 0 unspecified atom stereocenters. The van der Waals surface area contributed by atoms with Crippen LogP contribution in [0.1, 0.15) is 0 Å². The van der Waals surface area contributed by atoms with E-state index in [0.717, 1.165) is 0 Å². The molecule has 1 aromatic rings. The molecule has 0 saturated heterocycles. The summed E-state index contributed by atoms with van der Waals surface area (Å²) in [7, 11) is -4.64. The molecule has 7 nitrogen and oxygen atoms in total. The van der Waals surface area contributed by atoms with Crippen LogP contribution in [-0.2, 0) is 4.57 Å². The molecule has 1 heterocycles. The molecule has 0 aliphatic heterocycles. The van der Waals surface area contributed by atoms with Crippen LogP contribution in [-0.4, -0.2) is 30.1 Å². The highest BCUT2D eigenvalue weighted by Gasteiger charge is 2.00. The van der Waals surface area contributed by atoms with Crippen LogP contribution in [0.15, 0.2) is 18.5 Å². The standard InChI is InChI=1S/C3H3N3.H3O4P/c1-2-4-6-5-3-1;1-5(2,3)4/h1-3H;(H3,1,2,3,4). The normalized spacial score (nSPS) is 9.73. The van der Waals surface area contributed by atoms with Gasteiger partial charge in [-0.1, -0.05) is 0 Å². The number of rotatable bonds is 0. The summed E-state index contributed by atoms with van der Waals surface area (Å²) in [6.45, 7) is 0. The SMILES string of the molecule is O=P(O)(O)O.c1cnnnc1. The van der Waals surface area contributed by atoms with Crippen molar-refractivity contribution in [3.63, 3.8) is 0 Å². The Hall–Kier alpha value is -0.880. The predicted octanol–water partition coefficient (Wildman–Crippen LogP) is -1.06. The van der Waals surface area contributed by atoms with Gasteiger partial charge in [0.05, 0.1) is 12.4 Å². The zero-order chi connectivity index (χ0) is 8.74. The topological polar surface area (TPSA) is 116 Å². The summed E-state index contributed by atoms with van der Waals surface area (Å²) in [5.74, 6) is 0. The lowest BCUT2D eigenvalue weighted by Gasteiger charge is -1.82. The van der Waals surface area contributed by atoms with E-state index in [0.29, 0.717) is 0 Å². The maximum absolute atomic E-state index is 8.88. The van der Waals surface area contributed by atoms with E-state index < -0.39 is 7.82 Å². The highest BCUT2D eigenvalue weighted by Crippen LogP contribution is 2.25. The Balaban J connectivity index is 0.000000187. The van der Waals surface area contributed by atoms with Crippen LogP contribution in [0.4, 0.5) is 0 Å². The van der Waals surface area contributed by atoms with Gasteiger partial charge in [0.1, 0.15) is 0 Å². The first-order valence-electron chi connectivity index (χ1n) is 2.37. The number of aromatic nitrogens is 3. The molecule has 11 heavy (non-hydrogen) atoms. The van der Waals surface area contributed by atoms with Gasteiger partial charge in [-0.25, -0.2) is 4.57 Å². The monoisotopic (exact) mass is 179 g/mol. The average Bonchev–Trinajstić information content (AvgIpc) is 1.88. The third-order valence-corrected chi connectivity index (χ3v) is 0.409. The van der Waals surface area contributed by atoms with Crippen molar-refractivity contribution in [3.05, 3.63) is 18.5 Å². The molecule has 0 aliphatic carbocycles. The zero-order valence-electron chi connectivity index (χ0n) is 5.27. The lowest BCUT2D eigenvalue weighted by Crippen LogP contribution is -1.78. The van der Waals surface area contributed by atoms with Gasteiger partial charge in [-0.3, -0.25) is 0 Å². The fraction of sp³-hybridized carbons (Fsp3) is 0. The highest BCUT2D eigenvalue weighted by atomic mass is 31.2. The zero-order valence-corrected chi connectivity index (χ0v) is 6.17. The number of hydrogen-bond donors (Lipinski definition) is 3. The molecule has 1 aromatic heterocycles. The predicted molar refractivity (Wildman–Crippen MR) is 34.1 cm³/mol. The number of nitrogens with zero attached hydrogens (tertiary/aromatic N) is 3. The smallest absolute Gasteiger partial charge is 0.303 e. The molecule has 0 atom stereocenters. The molecule has 0 fully saturated rings. The number of phosphoric acid groups is 1. The summed E-state index contributed by atoms with van der Waals surface area (Å²) >= 11 is 0. The van der Waals surface area contributed by atoms with Crippen LogP contribution >= 0.6 is 7.82 Å². The van der Waals surface area contributed by atoms with Gasteiger partial charge in [0.2, 0.25) is 0 Å². The van der Waals surface area contributed by atoms with Gasteiger partial charge < -0.3 is 14.7 Å². The molecule has 62 valence electrons. The summed E-state index contributed by atoms with van der Waals surface area (Å²) in [5.41, 5.74) is 0. The summed E-state index contributed by atoms with van der Waals surface area (Å²) in [5, 5.41) is 10.1. The van der Waals surface area contributed by atoms with E-state index in [1.165, 1.54) is 0 Å². The highest BCUT2D eigenvalue weighted by molar-refractivity contribution is 7.45. The molecule has 0 aromatic carbocycles. The molecule has 8 heteroatoms. The van der Waals surface area contributed by atoms with Crippen molar-refractivity contribution < 1.29 is 19.2 Å². The third-order valence-electron chi connectivity index (χ3n) is 0.409. The van der Waals surface area contributed by atoms with Gasteiger partial charge >= 0.3 is 7.82 Å². The van der Waals surface area contributed by atoms with Crippen molar-refractivity contribution in [2.45, 2.75) is 0 Å². The van der Waals surface area contributed by atoms with Crippen molar-refractivity contribution in [1.82, 2.24) is 15.4 Å². The van der Waals surface area contributed by atoms with Crippen LogP contribution in [0, 0.1) is 0 Å². The molecule has 0 saturated carbocycles. The van der Waals surface area contributed by atoms with E-state index in [2.05, 4.69) is 15.4 Å². The molecule has 1 rings (SSSR count). The van der Waals surface area contributed by atoms with Gasteiger partial charge in [-0.05, 0) is 11.3 Å². The van der Waals surface area contributed by atoms with E-state index >= 15 is 0 Å². The molecule has 0 bridgehead atoms. The second-order valence-corrected chi connectivity index (χ2v) is 2.35. The first-order valence-corrected chi connectivity index (χ1v) is 3.93. The molecule has 3 N–H and O–H groups in total. The van der Waals surface area contributed by atoms with Crippen molar-refractivity contribution in [2.75, 3.05) is 0 Å². The minimum atomic E-state index is -4.64. The Bertz CT molecular complexity index is 188.